The van der Waals surface area contributed by atoms with Crippen molar-refractivity contribution < 1.29 is 14.5 Å². The molecule has 1 aliphatic rings. The molecule has 1 aliphatic carbocycles. The van der Waals surface area contributed by atoms with Gasteiger partial charge >= 0.3 is 0 Å². The number of halogens is 1. The van der Waals surface area contributed by atoms with E-state index < -0.39 is 0 Å². The van der Waals surface area contributed by atoms with E-state index in [1.54, 1.807) is 12.1 Å². The number of hydrogen-bond acceptors (Lipinski definition) is 1. The second kappa shape index (κ2) is 7.55. The number of quaternary nitrogens is 1. The van der Waals surface area contributed by atoms with Crippen molar-refractivity contribution in [1.29, 1.82) is 0 Å². The Bertz CT molecular complexity index is 478. The maximum atomic E-state index is 13.5. The van der Waals surface area contributed by atoms with Crippen molar-refractivity contribution in [3.05, 3.63) is 35.6 Å². The molecule has 3 atom stereocenters. The number of nitrogens with two attached hydrogens (primary N) is 1. The second-order valence-corrected chi connectivity index (χ2v) is 6.23. The molecule has 2 rings (SSSR count). The van der Waals surface area contributed by atoms with E-state index in [0.717, 1.165) is 6.42 Å². The predicted octanol–water partition coefficient (Wildman–Crippen LogP) is 1.83. The molecular formula is C17H26FN2O+. The van der Waals surface area contributed by atoms with Crippen molar-refractivity contribution >= 4 is 5.91 Å². The van der Waals surface area contributed by atoms with Gasteiger partial charge in [0, 0.05) is 11.6 Å². The number of hydrogen-bond donors (Lipinski definition) is 2. The van der Waals surface area contributed by atoms with Crippen molar-refractivity contribution in [2.24, 2.45) is 11.8 Å². The Morgan fingerprint density at radius 2 is 2.10 bits per heavy atom. The van der Waals surface area contributed by atoms with Gasteiger partial charge < -0.3 is 10.6 Å². The fourth-order valence-corrected chi connectivity index (χ4v) is 3.07. The van der Waals surface area contributed by atoms with Gasteiger partial charge in [0.1, 0.15) is 12.4 Å². The molecule has 0 aromatic heterocycles. The van der Waals surface area contributed by atoms with E-state index in [4.69, 9.17) is 0 Å². The lowest BCUT2D eigenvalue weighted by atomic mass is 9.78. The number of benzene rings is 1. The average Bonchev–Trinajstić information content (AvgIpc) is 2.46. The maximum Gasteiger partial charge on any atom is 0.275 e. The molecule has 0 heterocycles. The molecule has 3 N–H and O–H groups in total. The summed E-state index contributed by atoms with van der Waals surface area (Å²) >= 11 is 0. The van der Waals surface area contributed by atoms with Crippen LogP contribution in [-0.4, -0.2) is 18.5 Å². The number of rotatable bonds is 5. The van der Waals surface area contributed by atoms with Crippen LogP contribution in [0.5, 0.6) is 0 Å². The van der Waals surface area contributed by atoms with Gasteiger partial charge in [-0.15, -0.1) is 0 Å². The number of carbonyl (C=O) groups is 1. The molecule has 1 fully saturated rings. The molecule has 0 radical (unpaired) electrons. The van der Waals surface area contributed by atoms with Crippen LogP contribution in [-0.2, 0) is 11.3 Å². The van der Waals surface area contributed by atoms with Crippen LogP contribution in [0.3, 0.4) is 0 Å². The minimum Gasteiger partial charge on any atom is -0.348 e. The third-order valence-electron chi connectivity index (χ3n) is 4.71. The first-order valence-corrected chi connectivity index (χ1v) is 7.92. The number of nitrogens with one attached hydrogen (secondary N) is 1. The third-order valence-corrected chi connectivity index (χ3v) is 4.71. The zero-order valence-corrected chi connectivity index (χ0v) is 12.9. The summed E-state index contributed by atoms with van der Waals surface area (Å²) in [5, 5.41) is 4.99. The van der Waals surface area contributed by atoms with E-state index in [9.17, 15) is 9.18 Å². The Balaban J connectivity index is 1.74. The summed E-state index contributed by atoms with van der Waals surface area (Å²) in [7, 11) is 0. The molecule has 1 amide bonds. The number of carbonyl (C=O) groups excluding carboxylic acids is 1. The first-order valence-electron chi connectivity index (χ1n) is 7.92. The average molecular weight is 293 g/mol. The molecule has 21 heavy (non-hydrogen) atoms. The van der Waals surface area contributed by atoms with Crippen LogP contribution < -0.4 is 10.6 Å². The zero-order valence-electron chi connectivity index (χ0n) is 12.9. The summed E-state index contributed by atoms with van der Waals surface area (Å²) in [4.78, 5) is 12.0. The zero-order chi connectivity index (χ0) is 15.2. The van der Waals surface area contributed by atoms with Crippen LogP contribution in [0, 0.1) is 17.7 Å². The summed E-state index contributed by atoms with van der Waals surface area (Å²) in [6.07, 6.45) is 3.52. The second-order valence-electron chi connectivity index (χ2n) is 6.23. The smallest absolute Gasteiger partial charge is 0.275 e. The third kappa shape index (κ3) is 4.53. The Hall–Kier alpha value is -1.42. The van der Waals surface area contributed by atoms with Crippen molar-refractivity contribution in [3.63, 3.8) is 0 Å². The van der Waals surface area contributed by atoms with Gasteiger partial charge in [-0.1, -0.05) is 44.9 Å². The van der Waals surface area contributed by atoms with Gasteiger partial charge in [-0.05, 0) is 24.3 Å². The lowest BCUT2D eigenvalue weighted by Gasteiger charge is -2.34. The van der Waals surface area contributed by atoms with Crippen molar-refractivity contribution in [3.8, 4) is 0 Å². The molecule has 116 valence electrons. The molecule has 3 nitrogen and oxygen atoms in total. The Labute approximate surface area is 126 Å². The van der Waals surface area contributed by atoms with Crippen molar-refractivity contribution in [2.45, 2.75) is 45.7 Å². The van der Waals surface area contributed by atoms with Gasteiger partial charge in [0.2, 0.25) is 0 Å². The summed E-state index contributed by atoms with van der Waals surface area (Å²) in [6, 6.07) is 7.00. The van der Waals surface area contributed by atoms with E-state index >= 15 is 0 Å². The summed E-state index contributed by atoms with van der Waals surface area (Å²) in [6.45, 7) is 5.33. The predicted molar refractivity (Wildman–Crippen MR) is 81.0 cm³/mol. The van der Waals surface area contributed by atoms with Crippen LogP contribution in [0.4, 0.5) is 4.39 Å². The van der Waals surface area contributed by atoms with E-state index in [0.29, 0.717) is 36.5 Å². The Kier molecular flexibility index (Phi) is 5.74. The summed E-state index contributed by atoms with van der Waals surface area (Å²) in [5.41, 5.74) is 0.643. The standard InChI is InChI=1S/C17H25FN2O/c1-12-6-5-9-16(13(12)2)20-17(21)11-19-10-14-7-3-4-8-15(14)18/h3-4,7-8,12-13,16,19H,5-6,9-11H2,1-2H3,(H,20,21)/p+1/t12-,13+,16-/m0/s1. The molecule has 0 aliphatic heterocycles. The van der Waals surface area contributed by atoms with Crippen LogP contribution in [0.2, 0.25) is 0 Å². The van der Waals surface area contributed by atoms with Gasteiger partial charge in [0.25, 0.3) is 5.91 Å². The highest BCUT2D eigenvalue weighted by molar-refractivity contribution is 5.77. The molecular weight excluding hydrogens is 267 g/mol. The quantitative estimate of drug-likeness (QED) is 0.855. The first-order chi connectivity index (χ1) is 10.1. The van der Waals surface area contributed by atoms with Gasteiger partial charge in [-0.2, -0.15) is 0 Å². The molecule has 0 bridgehead atoms. The minimum atomic E-state index is -0.205. The molecule has 1 aromatic rings. The minimum absolute atomic E-state index is 0.0530. The molecule has 4 heteroatoms. The van der Waals surface area contributed by atoms with Crippen molar-refractivity contribution in [2.75, 3.05) is 6.54 Å². The maximum absolute atomic E-state index is 13.5. The van der Waals surface area contributed by atoms with Gasteiger partial charge in [0.15, 0.2) is 6.54 Å². The lowest BCUT2D eigenvalue weighted by molar-refractivity contribution is -0.660. The molecule has 0 unspecified atom stereocenters. The molecule has 0 spiro atoms. The fraction of sp³-hybridized carbons (Fsp3) is 0.588. The molecule has 1 aromatic carbocycles. The topological polar surface area (TPSA) is 45.7 Å². The van der Waals surface area contributed by atoms with Gasteiger partial charge in [-0.3, -0.25) is 4.79 Å². The largest absolute Gasteiger partial charge is 0.348 e. The van der Waals surface area contributed by atoms with Crippen LogP contribution in [0.15, 0.2) is 24.3 Å². The van der Waals surface area contributed by atoms with E-state index in [-0.39, 0.29) is 11.7 Å². The summed E-state index contributed by atoms with van der Waals surface area (Å²) in [5.74, 6) is 1.06. The fourth-order valence-electron chi connectivity index (χ4n) is 3.07. The molecule has 1 saturated carbocycles. The first kappa shape index (κ1) is 16.0. The monoisotopic (exact) mass is 293 g/mol. The van der Waals surface area contributed by atoms with Gasteiger partial charge in [0.05, 0.1) is 0 Å². The van der Waals surface area contributed by atoms with E-state index in [2.05, 4.69) is 19.2 Å². The Morgan fingerprint density at radius 3 is 2.86 bits per heavy atom. The van der Waals surface area contributed by atoms with Crippen molar-refractivity contribution in [1.82, 2.24) is 5.32 Å². The Morgan fingerprint density at radius 1 is 1.33 bits per heavy atom. The highest BCUT2D eigenvalue weighted by Crippen LogP contribution is 2.29. The van der Waals surface area contributed by atoms with E-state index in [1.165, 1.54) is 18.9 Å². The normalized spacial score (nSPS) is 25.6. The highest BCUT2D eigenvalue weighted by Gasteiger charge is 2.28. The number of amides is 1. The summed E-state index contributed by atoms with van der Waals surface area (Å²) < 4.78 is 13.5. The van der Waals surface area contributed by atoms with Crippen LogP contribution in [0.25, 0.3) is 0 Å². The van der Waals surface area contributed by atoms with Gasteiger partial charge in [-0.25, -0.2) is 4.39 Å². The lowest BCUT2D eigenvalue weighted by Crippen LogP contribution is -2.85. The van der Waals surface area contributed by atoms with E-state index in [1.807, 2.05) is 11.4 Å². The highest BCUT2D eigenvalue weighted by atomic mass is 19.1. The SMILES string of the molecule is C[C@H]1[C@@H](NC(=O)C[NH2+]Cc2ccccc2F)CCC[C@@H]1C. The van der Waals surface area contributed by atoms with Crippen LogP contribution >= 0.6 is 0 Å². The van der Waals surface area contributed by atoms with Crippen LogP contribution in [0.1, 0.15) is 38.7 Å². The molecule has 0 saturated heterocycles.